The zero-order valence-electron chi connectivity index (χ0n) is 14.1. The van der Waals surface area contributed by atoms with Gasteiger partial charge in [-0.2, -0.15) is 5.10 Å². The number of hydrogen-bond acceptors (Lipinski definition) is 4. The Balaban J connectivity index is 1.64. The summed E-state index contributed by atoms with van der Waals surface area (Å²) in [6.45, 7) is 0.522. The molecule has 27 heavy (non-hydrogen) atoms. The molecular weight excluding hydrogens is 412 g/mol. The number of hydrogen-bond donors (Lipinski definition) is 1. The van der Waals surface area contributed by atoms with Gasteiger partial charge in [0.05, 0.1) is 17.7 Å². The van der Waals surface area contributed by atoms with Crippen LogP contribution in [0, 0.1) is 10.1 Å². The summed E-state index contributed by atoms with van der Waals surface area (Å²) in [6.07, 6.45) is 4.58. The van der Waals surface area contributed by atoms with Crippen LogP contribution in [0.15, 0.2) is 71.3 Å². The summed E-state index contributed by atoms with van der Waals surface area (Å²) in [4.78, 5) is 22.3. The minimum atomic E-state index is -0.466. The molecule has 3 rings (SSSR count). The van der Waals surface area contributed by atoms with E-state index in [9.17, 15) is 14.9 Å². The highest BCUT2D eigenvalue weighted by Gasteiger charge is 2.07. The van der Waals surface area contributed by atoms with Crippen molar-refractivity contribution in [3.05, 3.63) is 92.6 Å². The molecule has 1 aromatic heterocycles. The van der Waals surface area contributed by atoms with Crippen LogP contribution in [0.4, 0.5) is 11.5 Å². The van der Waals surface area contributed by atoms with E-state index >= 15 is 0 Å². The van der Waals surface area contributed by atoms with Crippen LogP contribution in [-0.4, -0.2) is 20.6 Å². The van der Waals surface area contributed by atoms with Crippen molar-refractivity contribution in [2.45, 2.75) is 6.54 Å². The summed E-state index contributed by atoms with van der Waals surface area (Å²) in [5.41, 5.74) is 1.75. The van der Waals surface area contributed by atoms with Gasteiger partial charge in [-0.1, -0.05) is 28.1 Å². The first kappa shape index (κ1) is 18.5. The summed E-state index contributed by atoms with van der Waals surface area (Å²) >= 11 is 3.43. The van der Waals surface area contributed by atoms with E-state index < -0.39 is 4.92 Å². The largest absolute Gasteiger partial charge is 0.307 e. The number of benzene rings is 2. The third kappa shape index (κ3) is 5.11. The van der Waals surface area contributed by atoms with E-state index in [1.165, 1.54) is 18.2 Å². The molecule has 1 heterocycles. The Morgan fingerprint density at radius 3 is 2.70 bits per heavy atom. The van der Waals surface area contributed by atoms with E-state index in [4.69, 9.17) is 0 Å². The Hall–Kier alpha value is -3.26. The molecule has 0 spiro atoms. The SMILES string of the molecule is O=C(C=Cc1ccc([N+](=O)[O-])cc1)Nc1ccnn1Cc1cccc(Br)c1. The Kier molecular flexibility index (Phi) is 5.77. The second-order valence-electron chi connectivity index (χ2n) is 5.68. The van der Waals surface area contributed by atoms with Gasteiger partial charge in [-0.25, -0.2) is 4.68 Å². The van der Waals surface area contributed by atoms with Crippen molar-refractivity contribution >= 4 is 39.4 Å². The molecule has 0 atom stereocenters. The maximum atomic E-state index is 12.2. The summed E-state index contributed by atoms with van der Waals surface area (Å²) in [7, 11) is 0. The third-order valence-electron chi connectivity index (χ3n) is 3.72. The molecule has 0 saturated heterocycles. The molecule has 0 saturated carbocycles. The predicted octanol–water partition coefficient (Wildman–Crippen LogP) is 4.25. The second-order valence-corrected chi connectivity index (χ2v) is 6.59. The first-order valence-electron chi connectivity index (χ1n) is 8.01. The van der Waals surface area contributed by atoms with Gasteiger partial charge >= 0.3 is 0 Å². The van der Waals surface area contributed by atoms with Crippen LogP contribution in [-0.2, 0) is 11.3 Å². The molecule has 0 radical (unpaired) electrons. The molecular formula is C19H15BrN4O3. The Bertz CT molecular complexity index is 996. The number of carbonyl (C=O) groups is 1. The number of halogens is 1. The van der Waals surface area contributed by atoms with Crippen LogP contribution < -0.4 is 5.32 Å². The zero-order valence-corrected chi connectivity index (χ0v) is 15.7. The summed E-state index contributed by atoms with van der Waals surface area (Å²) in [6, 6.07) is 15.5. The van der Waals surface area contributed by atoms with Crippen molar-refractivity contribution in [2.75, 3.05) is 5.32 Å². The highest BCUT2D eigenvalue weighted by molar-refractivity contribution is 9.10. The molecule has 0 unspecified atom stereocenters. The lowest BCUT2D eigenvalue weighted by Gasteiger charge is -2.08. The highest BCUT2D eigenvalue weighted by Crippen LogP contribution is 2.16. The number of aromatic nitrogens is 2. The van der Waals surface area contributed by atoms with Crippen molar-refractivity contribution < 1.29 is 9.72 Å². The number of non-ortho nitro benzene ring substituents is 1. The molecule has 2 aromatic carbocycles. The van der Waals surface area contributed by atoms with Crippen molar-refractivity contribution in [2.24, 2.45) is 0 Å². The standard InChI is InChI=1S/C19H15BrN4O3/c20-16-3-1-2-15(12-16)13-23-18(10-11-21-23)22-19(25)9-6-14-4-7-17(8-5-14)24(26)27/h1-12H,13H2,(H,22,25). The number of carbonyl (C=O) groups excluding carboxylic acids is 1. The van der Waals surface area contributed by atoms with Gasteiger partial charge in [0, 0.05) is 28.7 Å². The first-order chi connectivity index (χ1) is 13.0. The van der Waals surface area contributed by atoms with E-state index in [2.05, 4.69) is 26.3 Å². The predicted molar refractivity (Wildman–Crippen MR) is 106 cm³/mol. The maximum Gasteiger partial charge on any atom is 0.269 e. The van der Waals surface area contributed by atoms with Gasteiger partial charge in [-0.15, -0.1) is 0 Å². The molecule has 1 amide bonds. The lowest BCUT2D eigenvalue weighted by atomic mass is 10.2. The third-order valence-corrected chi connectivity index (χ3v) is 4.21. The fraction of sp³-hybridized carbons (Fsp3) is 0.0526. The molecule has 7 nitrogen and oxygen atoms in total. The van der Waals surface area contributed by atoms with Crippen LogP contribution in [0.2, 0.25) is 0 Å². The smallest absolute Gasteiger partial charge is 0.269 e. The monoisotopic (exact) mass is 426 g/mol. The van der Waals surface area contributed by atoms with Gasteiger partial charge in [-0.05, 0) is 41.5 Å². The molecule has 0 aliphatic rings. The number of anilines is 1. The molecule has 0 aliphatic carbocycles. The van der Waals surface area contributed by atoms with Gasteiger partial charge in [0.1, 0.15) is 5.82 Å². The van der Waals surface area contributed by atoms with E-state index in [0.29, 0.717) is 17.9 Å². The Morgan fingerprint density at radius 1 is 1.22 bits per heavy atom. The van der Waals surface area contributed by atoms with Crippen molar-refractivity contribution in [3.8, 4) is 0 Å². The van der Waals surface area contributed by atoms with E-state index in [1.54, 1.807) is 35.2 Å². The number of nitrogens with zero attached hydrogens (tertiary/aromatic N) is 3. The first-order valence-corrected chi connectivity index (χ1v) is 8.80. The normalized spacial score (nSPS) is 10.9. The molecule has 8 heteroatoms. The van der Waals surface area contributed by atoms with E-state index in [1.807, 2.05) is 24.3 Å². The molecule has 0 fully saturated rings. The fourth-order valence-corrected chi connectivity index (χ4v) is 2.87. The van der Waals surface area contributed by atoms with Crippen LogP contribution in [0.1, 0.15) is 11.1 Å². The van der Waals surface area contributed by atoms with Gasteiger partial charge in [0.25, 0.3) is 5.69 Å². The quantitative estimate of drug-likeness (QED) is 0.362. The Morgan fingerprint density at radius 2 is 2.00 bits per heavy atom. The summed E-state index contributed by atoms with van der Waals surface area (Å²) < 4.78 is 2.67. The lowest BCUT2D eigenvalue weighted by Crippen LogP contribution is -2.13. The lowest BCUT2D eigenvalue weighted by molar-refractivity contribution is -0.384. The summed E-state index contributed by atoms with van der Waals surface area (Å²) in [5, 5.41) is 17.7. The van der Waals surface area contributed by atoms with Gasteiger partial charge in [0.15, 0.2) is 0 Å². The van der Waals surface area contributed by atoms with E-state index in [-0.39, 0.29) is 11.6 Å². The Labute approximate surface area is 163 Å². The molecule has 1 N–H and O–H groups in total. The topological polar surface area (TPSA) is 90.1 Å². The number of nitro groups is 1. The van der Waals surface area contributed by atoms with Crippen LogP contribution in [0.25, 0.3) is 6.08 Å². The van der Waals surface area contributed by atoms with Gasteiger partial charge in [-0.3, -0.25) is 14.9 Å². The number of nitro benzene ring substituents is 1. The van der Waals surface area contributed by atoms with Crippen molar-refractivity contribution in [1.29, 1.82) is 0 Å². The van der Waals surface area contributed by atoms with Crippen molar-refractivity contribution in [3.63, 3.8) is 0 Å². The van der Waals surface area contributed by atoms with Crippen LogP contribution in [0.5, 0.6) is 0 Å². The minimum Gasteiger partial charge on any atom is -0.307 e. The van der Waals surface area contributed by atoms with Crippen LogP contribution >= 0.6 is 15.9 Å². The number of amides is 1. The second kappa shape index (κ2) is 8.41. The van der Waals surface area contributed by atoms with Gasteiger partial charge < -0.3 is 5.32 Å². The molecule has 136 valence electrons. The molecule has 3 aromatic rings. The van der Waals surface area contributed by atoms with Crippen LogP contribution in [0.3, 0.4) is 0 Å². The maximum absolute atomic E-state index is 12.2. The molecule has 0 aliphatic heterocycles. The average Bonchev–Trinajstić information content (AvgIpc) is 3.07. The summed E-state index contributed by atoms with van der Waals surface area (Å²) in [5.74, 6) is 0.262. The number of nitrogens with one attached hydrogen (secondary N) is 1. The zero-order chi connectivity index (χ0) is 19.2. The van der Waals surface area contributed by atoms with E-state index in [0.717, 1.165) is 10.0 Å². The molecule has 0 bridgehead atoms. The minimum absolute atomic E-state index is 0.00746. The average molecular weight is 427 g/mol. The number of rotatable bonds is 6. The van der Waals surface area contributed by atoms with Gasteiger partial charge in [0.2, 0.25) is 5.91 Å². The highest BCUT2D eigenvalue weighted by atomic mass is 79.9. The fourth-order valence-electron chi connectivity index (χ4n) is 2.42. The van der Waals surface area contributed by atoms with Crippen molar-refractivity contribution in [1.82, 2.24) is 9.78 Å².